The van der Waals surface area contributed by atoms with Crippen molar-refractivity contribution in [1.82, 2.24) is 5.32 Å². The zero-order valence-electron chi connectivity index (χ0n) is 16.7. The van der Waals surface area contributed by atoms with Gasteiger partial charge in [0, 0.05) is 6.04 Å². The van der Waals surface area contributed by atoms with Gasteiger partial charge in [0.25, 0.3) is 0 Å². The first-order valence-electron chi connectivity index (χ1n) is 10.5. The Kier molecular flexibility index (Phi) is 15.6. The summed E-state index contributed by atoms with van der Waals surface area (Å²) >= 11 is 0. The van der Waals surface area contributed by atoms with Crippen LogP contribution in [0.1, 0.15) is 104 Å². The van der Waals surface area contributed by atoms with Gasteiger partial charge in [-0.05, 0) is 19.3 Å². The molecule has 1 atom stereocenters. The van der Waals surface area contributed by atoms with Crippen molar-refractivity contribution in [2.75, 3.05) is 0 Å². The maximum atomic E-state index is 12.2. The Morgan fingerprint density at radius 2 is 1.31 bits per heavy atom. The van der Waals surface area contributed by atoms with Gasteiger partial charge in [-0.3, -0.25) is 4.79 Å². The molecule has 0 unspecified atom stereocenters. The second kappa shape index (κ2) is 16.2. The largest absolute Gasteiger partial charge is 0.471 e. The van der Waals surface area contributed by atoms with Gasteiger partial charge >= 0.3 is 12.1 Å². The molecule has 0 spiro atoms. The van der Waals surface area contributed by atoms with Crippen LogP contribution < -0.4 is 5.32 Å². The maximum Gasteiger partial charge on any atom is 0.471 e. The van der Waals surface area contributed by atoms with E-state index in [1.165, 1.54) is 64.2 Å². The summed E-state index contributed by atoms with van der Waals surface area (Å²) in [5.41, 5.74) is 0. The Morgan fingerprint density at radius 1 is 0.846 bits per heavy atom. The van der Waals surface area contributed by atoms with Crippen molar-refractivity contribution in [1.29, 1.82) is 0 Å². The van der Waals surface area contributed by atoms with Crippen LogP contribution in [0.2, 0.25) is 0 Å². The lowest BCUT2D eigenvalue weighted by Gasteiger charge is -2.14. The van der Waals surface area contributed by atoms with Crippen LogP contribution in [0.3, 0.4) is 0 Å². The fourth-order valence-corrected chi connectivity index (χ4v) is 2.90. The van der Waals surface area contributed by atoms with E-state index in [1.807, 2.05) is 11.4 Å². The maximum absolute atomic E-state index is 12.2. The fraction of sp³-hybridized carbons (Fsp3) is 0.857. The number of rotatable bonds is 16. The van der Waals surface area contributed by atoms with Gasteiger partial charge in [-0.25, -0.2) is 0 Å². The molecule has 0 radical (unpaired) electrons. The van der Waals surface area contributed by atoms with Crippen molar-refractivity contribution < 1.29 is 18.0 Å². The van der Waals surface area contributed by atoms with Crippen LogP contribution in [0.15, 0.2) is 12.2 Å². The number of hydrogen-bond acceptors (Lipinski definition) is 1. The third kappa shape index (κ3) is 15.3. The van der Waals surface area contributed by atoms with Gasteiger partial charge < -0.3 is 5.32 Å². The van der Waals surface area contributed by atoms with Crippen molar-refractivity contribution in [3.8, 4) is 0 Å². The van der Waals surface area contributed by atoms with Gasteiger partial charge in [0.05, 0.1) is 0 Å². The van der Waals surface area contributed by atoms with Crippen LogP contribution >= 0.6 is 0 Å². The highest BCUT2D eigenvalue weighted by Gasteiger charge is 2.39. The van der Waals surface area contributed by atoms with Gasteiger partial charge in [-0.15, -0.1) is 0 Å². The fourth-order valence-electron chi connectivity index (χ4n) is 2.90. The second-order valence-electron chi connectivity index (χ2n) is 7.09. The molecule has 0 aliphatic heterocycles. The zero-order chi connectivity index (χ0) is 19.7. The average Bonchev–Trinajstić information content (AvgIpc) is 2.59. The van der Waals surface area contributed by atoms with Crippen molar-refractivity contribution in [2.24, 2.45) is 0 Å². The molecule has 0 rings (SSSR count). The van der Waals surface area contributed by atoms with E-state index in [2.05, 4.69) is 6.92 Å². The molecule has 0 saturated carbocycles. The van der Waals surface area contributed by atoms with Crippen molar-refractivity contribution in [2.45, 2.75) is 116 Å². The first-order valence-corrected chi connectivity index (χ1v) is 10.5. The number of amides is 1. The third-order valence-corrected chi connectivity index (χ3v) is 4.61. The SMILES string of the molecule is CCCCCCCCCCCCCC/C=C/[C@H](CC)NC(=O)C(F)(F)F. The Labute approximate surface area is 158 Å². The Hall–Kier alpha value is -1.00. The van der Waals surface area contributed by atoms with Crippen molar-refractivity contribution in [3.05, 3.63) is 12.2 Å². The van der Waals surface area contributed by atoms with E-state index in [9.17, 15) is 18.0 Å². The summed E-state index contributed by atoms with van der Waals surface area (Å²) in [7, 11) is 0. The van der Waals surface area contributed by atoms with E-state index >= 15 is 0 Å². The molecular formula is C21H38F3NO. The molecule has 0 saturated heterocycles. The highest BCUT2D eigenvalue weighted by molar-refractivity contribution is 5.82. The molecular weight excluding hydrogens is 339 g/mol. The smallest absolute Gasteiger partial charge is 0.342 e. The van der Waals surface area contributed by atoms with Crippen LogP contribution in [0.25, 0.3) is 0 Å². The quantitative estimate of drug-likeness (QED) is 0.226. The lowest BCUT2D eigenvalue weighted by molar-refractivity contribution is -0.174. The van der Waals surface area contributed by atoms with Gasteiger partial charge in [0.15, 0.2) is 0 Å². The lowest BCUT2D eigenvalue weighted by Crippen LogP contribution is -2.42. The number of carbonyl (C=O) groups excluding carboxylic acids is 1. The van der Waals surface area contributed by atoms with Gasteiger partial charge in [-0.1, -0.05) is 96.6 Å². The summed E-state index contributed by atoms with van der Waals surface area (Å²) in [6, 6.07) is -0.540. The van der Waals surface area contributed by atoms with Crippen LogP contribution in [0, 0.1) is 0 Å². The Morgan fingerprint density at radius 3 is 1.73 bits per heavy atom. The standard InChI is InChI=1S/C21H38F3NO/c1-3-5-6-7-8-9-10-11-12-13-14-15-16-17-18-19(4-2)25-20(26)21(22,23)24/h17-19H,3-16H2,1-2H3,(H,25,26)/b18-17+/t19-/m0/s1. The van der Waals surface area contributed by atoms with E-state index < -0.39 is 18.1 Å². The average molecular weight is 378 g/mol. The summed E-state index contributed by atoms with van der Waals surface area (Å²) in [6.07, 6.45) is 15.6. The molecule has 0 aliphatic rings. The van der Waals surface area contributed by atoms with E-state index in [-0.39, 0.29) is 0 Å². The van der Waals surface area contributed by atoms with Crippen molar-refractivity contribution in [3.63, 3.8) is 0 Å². The summed E-state index contributed by atoms with van der Waals surface area (Å²) < 4.78 is 36.7. The van der Waals surface area contributed by atoms with Crippen LogP contribution in [-0.4, -0.2) is 18.1 Å². The highest BCUT2D eigenvalue weighted by Crippen LogP contribution is 2.15. The summed E-state index contributed by atoms with van der Waals surface area (Å²) in [4.78, 5) is 10.9. The molecule has 0 aromatic rings. The number of halogens is 3. The minimum absolute atomic E-state index is 0.455. The topological polar surface area (TPSA) is 29.1 Å². The molecule has 0 fully saturated rings. The van der Waals surface area contributed by atoms with Gasteiger partial charge in [-0.2, -0.15) is 13.2 Å². The first-order chi connectivity index (χ1) is 12.4. The molecule has 1 N–H and O–H groups in total. The number of alkyl halides is 3. The normalized spacial score (nSPS) is 13.3. The Bertz CT molecular complexity index is 367. The second-order valence-corrected chi connectivity index (χ2v) is 7.09. The van der Waals surface area contributed by atoms with Crippen LogP contribution in [-0.2, 0) is 4.79 Å². The molecule has 0 aromatic carbocycles. The third-order valence-electron chi connectivity index (χ3n) is 4.61. The van der Waals surface area contributed by atoms with Gasteiger partial charge in [0.2, 0.25) is 0 Å². The van der Waals surface area contributed by atoms with Crippen LogP contribution in [0.4, 0.5) is 13.2 Å². The molecule has 154 valence electrons. The minimum Gasteiger partial charge on any atom is -0.342 e. The number of allylic oxidation sites excluding steroid dienone is 1. The molecule has 1 amide bonds. The number of nitrogens with one attached hydrogen (secondary N) is 1. The minimum atomic E-state index is -4.81. The highest BCUT2D eigenvalue weighted by atomic mass is 19.4. The molecule has 2 nitrogen and oxygen atoms in total. The monoisotopic (exact) mass is 377 g/mol. The molecule has 0 aromatic heterocycles. The van der Waals surface area contributed by atoms with E-state index in [0.29, 0.717) is 6.42 Å². The number of hydrogen-bond donors (Lipinski definition) is 1. The lowest BCUT2D eigenvalue weighted by atomic mass is 10.0. The first kappa shape index (κ1) is 25.0. The van der Waals surface area contributed by atoms with Gasteiger partial charge in [0.1, 0.15) is 0 Å². The molecule has 0 bridgehead atoms. The molecule has 26 heavy (non-hydrogen) atoms. The number of carbonyl (C=O) groups is 1. The molecule has 5 heteroatoms. The summed E-state index contributed by atoms with van der Waals surface area (Å²) in [6.45, 7) is 4.00. The summed E-state index contributed by atoms with van der Waals surface area (Å²) in [5, 5.41) is 2.00. The van der Waals surface area contributed by atoms with E-state index in [0.717, 1.165) is 19.3 Å². The van der Waals surface area contributed by atoms with E-state index in [1.54, 1.807) is 13.0 Å². The predicted octanol–water partition coefficient (Wildman–Crippen LogP) is 7.09. The summed E-state index contributed by atoms with van der Waals surface area (Å²) in [5.74, 6) is -1.86. The molecule has 0 aliphatic carbocycles. The zero-order valence-corrected chi connectivity index (χ0v) is 16.7. The van der Waals surface area contributed by atoms with Crippen LogP contribution in [0.5, 0.6) is 0 Å². The Balaban J connectivity index is 3.53. The van der Waals surface area contributed by atoms with E-state index in [4.69, 9.17) is 0 Å². The predicted molar refractivity (Wildman–Crippen MR) is 103 cm³/mol. The van der Waals surface area contributed by atoms with Crippen molar-refractivity contribution >= 4 is 5.91 Å². The number of unbranched alkanes of at least 4 members (excludes halogenated alkanes) is 12. The molecule has 0 heterocycles.